The molecule has 3 atom stereocenters. The highest BCUT2D eigenvalue weighted by molar-refractivity contribution is 5.81. The van der Waals surface area contributed by atoms with E-state index >= 15 is 0 Å². The fourth-order valence-electron chi connectivity index (χ4n) is 2.36. The Morgan fingerprint density at radius 2 is 2.28 bits per heavy atom. The van der Waals surface area contributed by atoms with E-state index in [1.165, 1.54) is 0 Å². The summed E-state index contributed by atoms with van der Waals surface area (Å²) in [6.07, 6.45) is 5.54. The lowest BCUT2D eigenvalue weighted by atomic mass is 10.0. The molecule has 1 fully saturated rings. The van der Waals surface area contributed by atoms with Crippen molar-refractivity contribution in [2.24, 2.45) is 5.92 Å². The van der Waals surface area contributed by atoms with Crippen molar-refractivity contribution in [1.82, 2.24) is 15.1 Å². The highest BCUT2D eigenvalue weighted by atomic mass is 16.4. The lowest BCUT2D eigenvalue weighted by Crippen LogP contribution is -2.43. The van der Waals surface area contributed by atoms with Crippen LogP contribution in [0.5, 0.6) is 0 Å². The topological polar surface area (TPSA) is 84.2 Å². The smallest absolute Gasteiger partial charge is 0.308 e. The number of aliphatic carboxylic acids is 1. The molecule has 6 nitrogen and oxygen atoms in total. The minimum absolute atomic E-state index is 0.183. The predicted octanol–water partition coefficient (Wildman–Crippen LogP) is 0.814. The van der Waals surface area contributed by atoms with E-state index in [0.717, 1.165) is 12.8 Å². The molecule has 2 N–H and O–H groups in total. The van der Waals surface area contributed by atoms with Gasteiger partial charge in [-0.25, -0.2) is 0 Å². The number of rotatable bonds is 4. The fraction of sp³-hybridized carbons (Fsp3) is 0.583. The van der Waals surface area contributed by atoms with Crippen LogP contribution in [0.15, 0.2) is 18.5 Å². The van der Waals surface area contributed by atoms with Crippen molar-refractivity contribution in [3.63, 3.8) is 0 Å². The van der Waals surface area contributed by atoms with Crippen LogP contribution >= 0.6 is 0 Å². The van der Waals surface area contributed by atoms with Gasteiger partial charge >= 0.3 is 5.97 Å². The van der Waals surface area contributed by atoms with Crippen molar-refractivity contribution in [3.8, 4) is 0 Å². The Balaban J connectivity index is 1.97. The zero-order valence-electron chi connectivity index (χ0n) is 10.2. The van der Waals surface area contributed by atoms with Gasteiger partial charge in [0.05, 0.1) is 5.92 Å². The van der Waals surface area contributed by atoms with Crippen LogP contribution in [0, 0.1) is 5.92 Å². The Morgan fingerprint density at radius 1 is 1.50 bits per heavy atom. The second kappa shape index (κ2) is 5.20. The number of aromatic nitrogens is 2. The highest BCUT2D eigenvalue weighted by Gasteiger charge is 2.34. The molecule has 1 aliphatic carbocycles. The molecule has 98 valence electrons. The normalized spacial score (nSPS) is 24.7. The molecule has 1 aromatic rings. The van der Waals surface area contributed by atoms with Gasteiger partial charge in [0, 0.05) is 18.4 Å². The quantitative estimate of drug-likeness (QED) is 0.829. The van der Waals surface area contributed by atoms with Gasteiger partial charge in [-0.2, -0.15) is 5.10 Å². The van der Waals surface area contributed by atoms with Gasteiger partial charge in [0.1, 0.15) is 6.04 Å². The predicted molar refractivity (Wildman–Crippen MR) is 63.8 cm³/mol. The number of carboxylic acids is 1. The van der Waals surface area contributed by atoms with Crippen LogP contribution < -0.4 is 5.32 Å². The van der Waals surface area contributed by atoms with E-state index in [0.29, 0.717) is 6.42 Å². The number of amides is 1. The average Bonchev–Trinajstić information content (AvgIpc) is 2.98. The molecule has 0 saturated heterocycles. The van der Waals surface area contributed by atoms with Crippen molar-refractivity contribution in [2.75, 3.05) is 0 Å². The monoisotopic (exact) mass is 251 g/mol. The van der Waals surface area contributed by atoms with Gasteiger partial charge in [-0.05, 0) is 25.8 Å². The van der Waals surface area contributed by atoms with Crippen molar-refractivity contribution in [1.29, 1.82) is 0 Å². The third-order valence-corrected chi connectivity index (χ3v) is 3.46. The second-order valence-corrected chi connectivity index (χ2v) is 4.65. The summed E-state index contributed by atoms with van der Waals surface area (Å²) in [4.78, 5) is 23.0. The molecule has 0 aromatic carbocycles. The van der Waals surface area contributed by atoms with E-state index in [1.807, 2.05) is 0 Å². The number of hydrogen-bond acceptors (Lipinski definition) is 3. The van der Waals surface area contributed by atoms with E-state index < -0.39 is 17.9 Å². The molecule has 0 spiro atoms. The van der Waals surface area contributed by atoms with Gasteiger partial charge in [-0.1, -0.05) is 6.42 Å². The second-order valence-electron chi connectivity index (χ2n) is 4.65. The van der Waals surface area contributed by atoms with Crippen LogP contribution in [0.1, 0.15) is 32.2 Å². The summed E-state index contributed by atoms with van der Waals surface area (Å²) >= 11 is 0. The molecule has 1 unspecified atom stereocenters. The van der Waals surface area contributed by atoms with Gasteiger partial charge in [-0.3, -0.25) is 14.3 Å². The molecule has 18 heavy (non-hydrogen) atoms. The number of hydrogen-bond donors (Lipinski definition) is 2. The van der Waals surface area contributed by atoms with Gasteiger partial charge < -0.3 is 10.4 Å². The SMILES string of the molecule is CC(C(=O)N[C@@H]1CCC[C@@H]1C(=O)O)n1cccn1. The molecule has 1 amide bonds. The summed E-state index contributed by atoms with van der Waals surface area (Å²) in [7, 11) is 0. The van der Waals surface area contributed by atoms with Crippen molar-refractivity contribution in [3.05, 3.63) is 18.5 Å². The van der Waals surface area contributed by atoms with E-state index in [1.54, 1.807) is 30.1 Å². The first-order chi connectivity index (χ1) is 8.59. The maximum absolute atomic E-state index is 12.0. The van der Waals surface area contributed by atoms with Crippen molar-refractivity contribution >= 4 is 11.9 Å². The van der Waals surface area contributed by atoms with Gasteiger partial charge in [-0.15, -0.1) is 0 Å². The zero-order chi connectivity index (χ0) is 13.1. The molecule has 6 heteroatoms. The van der Waals surface area contributed by atoms with Gasteiger partial charge in [0.25, 0.3) is 0 Å². The van der Waals surface area contributed by atoms with E-state index in [-0.39, 0.29) is 11.9 Å². The van der Waals surface area contributed by atoms with Gasteiger partial charge in [0.15, 0.2) is 0 Å². The highest BCUT2D eigenvalue weighted by Crippen LogP contribution is 2.26. The Labute approximate surface area is 105 Å². The minimum atomic E-state index is -0.829. The van der Waals surface area contributed by atoms with Crippen LogP contribution in [-0.4, -0.2) is 32.8 Å². The van der Waals surface area contributed by atoms with Crippen LogP contribution in [0.25, 0.3) is 0 Å². The first-order valence-corrected chi connectivity index (χ1v) is 6.12. The molecule has 0 radical (unpaired) electrons. The van der Waals surface area contributed by atoms with Crippen LogP contribution in [-0.2, 0) is 9.59 Å². The fourth-order valence-corrected chi connectivity index (χ4v) is 2.36. The summed E-state index contributed by atoms with van der Waals surface area (Å²) in [5, 5.41) is 15.9. The summed E-state index contributed by atoms with van der Waals surface area (Å²) in [6.45, 7) is 1.74. The summed E-state index contributed by atoms with van der Waals surface area (Å²) in [6, 6.07) is 1.07. The lowest BCUT2D eigenvalue weighted by molar-refractivity contribution is -0.142. The number of nitrogens with one attached hydrogen (secondary N) is 1. The number of carbonyl (C=O) groups excluding carboxylic acids is 1. The maximum Gasteiger partial charge on any atom is 0.308 e. The van der Waals surface area contributed by atoms with Crippen LogP contribution in [0.3, 0.4) is 0 Å². The third kappa shape index (κ3) is 2.52. The van der Waals surface area contributed by atoms with Gasteiger partial charge in [0.2, 0.25) is 5.91 Å². The number of carboxylic acid groups (broad SMARTS) is 1. The molecule has 1 aromatic heterocycles. The molecule has 1 heterocycles. The van der Waals surface area contributed by atoms with Crippen LogP contribution in [0.4, 0.5) is 0 Å². The zero-order valence-corrected chi connectivity index (χ0v) is 10.2. The lowest BCUT2D eigenvalue weighted by Gasteiger charge is -2.20. The Morgan fingerprint density at radius 3 is 2.89 bits per heavy atom. The van der Waals surface area contributed by atoms with Crippen molar-refractivity contribution < 1.29 is 14.7 Å². The first-order valence-electron chi connectivity index (χ1n) is 6.12. The maximum atomic E-state index is 12.0. The van der Waals surface area contributed by atoms with Crippen LogP contribution in [0.2, 0.25) is 0 Å². The largest absolute Gasteiger partial charge is 0.481 e. The third-order valence-electron chi connectivity index (χ3n) is 3.46. The minimum Gasteiger partial charge on any atom is -0.481 e. The van der Waals surface area contributed by atoms with Crippen molar-refractivity contribution in [2.45, 2.75) is 38.3 Å². The Hall–Kier alpha value is -1.85. The molecule has 0 bridgehead atoms. The molecule has 2 rings (SSSR count). The van der Waals surface area contributed by atoms with E-state index in [9.17, 15) is 9.59 Å². The summed E-state index contributed by atoms with van der Waals surface area (Å²) in [5.41, 5.74) is 0. The average molecular weight is 251 g/mol. The first kappa shape index (κ1) is 12.6. The Bertz CT molecular complexity index is 430. The summed E-state index contributed by atoms with van der Waals surface area (Å²) in [5.74, 6) is -1.47. The molecular formula is C12H17N3O3. The molecular weight excluding hydrogens is 234 g/mol. The molecule has 0 aliphatic heterocycles. The standard InChI is InChI=1S/C12H17N3O3/c1-8(15-7-3-6-13-15)11(16)14-10-5-2-4-9(10)12(17)18/h3,6-10H,2,4-5H2,1H3,(H,14,16)(H,17,18)/t8?,9-,10+/m0/s1. The number of nitrogens with zero attached hydrogens (tertiary/aromatic N) is 2. The van der Waals surface area contributed by atoms with E-state index in [4.69, 9.17) is 5.11 Å². The molecule has 1 aliphatic rings. The molecule has 1 saturated carbocycles. The summed E-state index contributed by atoms with van der Waals surface area (Å²) < 4.78 is 1.56. The number of carbonyl (C=O) groups is 2. The van der Waals surface area contributed by atoms with E-state index in [2.05, 4.69) is 10.4 Å². The Kier molecular flexibility index (Phi) is 3.64.